The van der Waals surface area contributed by atoms with Crippen molar-refractivity contribution in [2.24, 2.45) is 0 Å². The molecule has 2 N–H and O–H groups in total. The molecule has 0 heterocycles. The van der Waals surface area contributed by atoms with E-state index >= 15 is 0 Å². The average molecular weight is 234 g/mol. The van der Waals surface area contributed by atoms with Crippen LogP contribution in [0, 0.1) is 0 Å². The van der Waals surface area contributed by atoms with E-state index in [0.717, 1.165) is 5.56 Å². The molecular weight excluding hydrogens is 225 g/mol. The van der Waals surface area contributed by atoms with Crippen LogP contribution >= 0.6 is 23.2 Å². The van der Waals surface area contributed by atoms with Crippen molar-refractivity contribution in [1.29, 1.82) is 0 Å². The van der Waals surface area contributed by atoms with Gasteiger partial charge in [-0.1, -0.05) is 17.7 Å². The van der Waals surface area contributed by atoms with E-state index in [1.165, 1.54) is 12.1 Å². The smallest absolute Gasteiger partial charge is 0.235 e. The maximum absolute atomic E-state index is 10.8. The molecule has 76 valence electrons. The van der Waals surface area contributed by atoms with Gasteiger partial charge in [0, 0.05) is 11.6 Å². The van der Waals surface area contributed by atoms with Gasteiger partial charge in [-0.2, -0.15) is 0 Å². The van der Waals surface area contributed by atoms with E-state index in [9.17, 15) is 4.79 Å². The molecule has 1 amide bonds. The minimum Gasteiger partial charge on any atom is -0.508 e. The molecule has 0 saturated carbocycles. The zero-order valence-electron chi connectivity index (χ0n) is 7.26. The fourth-order valence-electron chi connectivity index (χ4n) is 0.921. The van der Waals surface area contributed by atoms with Crippen LogP contribution in [0.4, 0.5) is 0 Å². The minimum atomic E-state index is -0.254. The molecule has 0 spiro atoms. The van der Waals surface area contributed by atoms with Crippen LogP contribution in [-0.4, -0.2) is 16.9 Å². The van der Waals surface area contributed by atoms with Crippen molar-refractivity contribution in [2.75, 3.05) is 5.88 Å². The molecular formula is C9H9Cl2NO2. The summed E-state index contributed by atoms with van der Waals surface area (Å²) in [7, 11) is 0. The van der Waals surface area contributed by atoms with E-state index in [2.05, 4.69) is 5.32 Å². The van der Waals surface area contributed by atoms with E-state index in [4.69, 9.17) is 28.3 Å². The van der Waals surface area contributed by atoms with Crippen LogP contribution in [0.25, 0.3) is 0 Å². The van der Waals surface area contributed by atoms with E-state index in [1.54, 1.807) is 6.07 Å². The first-order valence-electron chi connectivity index (χ1n) is 3.93. The number of alkyl halides is 1. The molecule has 0 aromatic heterocycles. The number of hydrogen-bond donors (Lipinski definition) is 2. The molecule has 0 fully saturated rings. The number of carbonyl (C=O) groups excluding carboxylic acids is 1. The highest BCUT2D eigenvalue weighted by Crippen LogP contribution is 2.21. The monoisotopic (exact) mass is 233 g/mol. The second-order valence-corrected chi connectivity index (χ2v) is 3.36. The number of benzene rings is 1. The first kappa shape index (κ1) is 11.1. The number of nitrogens with one attached hydrogen (secondary N) is 1. The van der Waals surface area contributed by atoms with E-state index < -0.39 is 0 Å². The quantitative estimate of drug-likeness (QED) is 0.784. The Balaban J connectivity index is 2.63. The zero-order chi connectivity index (χ0) is 10.6. The topological polar surface area (TPSA) is 49.3 Å². The number of carbonyl (C=O) groups is 1. The predicted molar refractivity (Wildman–Crippen MR) is 55.7 cm³/mol. The fraction of sp³-hybridized carbons (Fsp3) is 0.222. The molecule has 1 rings (SSSR count). The SMILES string of the molecule is O=C(CCl)NCc1ccc(O)cc1Cl. The van der Waals surface area contributed by atoms with Gasteiger partial charge in [0.05, 0.1) is 0 Å². The standard InChI is InChI=1S/C9H9Cl2NO2/c10-4-9(14)12-5-6-1-2-7(13)3-8(6)11/h1-3,13H,4-5H2,(H,12,14). The Hall–Kier alpha value is -0.930. The van der Waals surface area contributed by atoms with Crippen molar-refractivity contribution < 1.29 is 9.90 Å². The van der Waals surface area contributed by atoms with Gasteiger partial charge in [-0.3, -0.25) is 4.79 Å². The molecule has 14 heavy (non-hydrogen) atoms. The second-order valence-electron chi connectivity index (χ2n) is 2.69. The molecule has 1 aromatic rings. The average Bonchev–Trinajstić information content (AvgIpc) is 2.16. The molecule has 0 bridgehead atoms. The maximum atomic E-state index is 10.8. The molecule has 0 saturated heterocycles. The fourth-order valence-corrected chi connectivity index (χ4v) is 1.26. The van der Waals surface area contributed by atoms with Gasteiger partial charge in [0.25, 0.3) is 0 Å². The maximum Gasteiger partial charge on any atom is 0.235 e. The summed E-state index contributed by atoms with van der Waals surface area (Å²) in [5.74, 6) is -0.228. The van der Waals surface area contributed by atoms with Crippen molar-refractivity contribution in [2.45, 2.75) is 6.54 Å². The zero-order valence-corrected chi connectivity index (χ0v) is 8.77. The third kappa shape index (κ3) is 3.09. The van der Waals surface area contributed by atoms with Crippen LogP contribution in [0.5, 0.6) is 5.75 Å². The summed E-state index contributed by atoms with van der Waals surface area (Å²) in [6, 6.07) is 4.57. The highest BCUT2D eigenvalue weighted by molar-refractivity contribution is 6.31. The summed E-state index contributed by atoms with van der Waals surface area (Å²) in [6.45, 7) is 0.310. The van der Waals surface area contributed by atoms with Gasteiger partial charge in [-0.05, 0) is 17.7 Å². The lowest BCUT2D eigenvalue weighted by Crippen LogP contribution is -2.23. The van der Waals surface area contributed by atoms with Crippen LogP contribution < -0.4 is 5.32 Å². The first-order valence-corrected chi connectivity index (χ1v) is 4.85. The van der Waals surface area contributed by atoms with Crippen LogP contribution in [0.1, 0.15) is 5.56 Å². The summed E-state index contributed by atoms with van der Waals surface area (Å²) < 4.78 is 0. The van der Waals surface area contributed by atoms with Crippen molar-refractivity contribution in [3.8, 4) is 5.75 Å². The molecule has 1 aromatic carbocycles. The van der Waals surface area contributed by atoms with Crippen molar-refractivity contribution in [1.82, 2.24) is 5.32 Å². The number of phenolic OH excluding ortho intramolecular Hbond substituents is 1. The summed E-state index contributed by atoms with van der Waals surface area (Å²) in [6.07, 6.45) is 0. The molecule has 0 aliphatic carbocycles. The normalized spacial score (nSPS) is 9.86. The number of rotatable bonds is 3. The highest BCUT2D eigenvalue weighted by atomic mass is 35.5. The van der Waals surface area contributed by atoms with Crippen molar-refractivity contribution in [3.63, 3.8) is 0 Å². The van der Waals surface area contributed by atoms with Crippen molar-refractivity contribution >= 4 is 29.1 Å². The Morgan fingerprint density at radius 1 is 1.50 bits per heavy atom. The Bertz CT molecular complexity index is 342. The van der Waals surface area contributed by atoms with Gasteiger partial charge in [-0.15, -0.1) is 11.6 Å². The third-order valence-electron chi connectivity index (χ3n) is 1.63. The molecule has 0 atom stereocenters. The van der Waals surface area contributed by atoms with Crippen molar-refractivity contribution in [3.05, 3.63) is 28.8 Å². The Kier molecular flexibility index (Phi) is 4.04. The lowest BCUT2D eigenvalue weighted by molar-refractivity contribution is -0.118. The molecule has 0 aliphatic rings. The third-order valence-corrected chi connectivity index (χ3v) is 2.23. The molecule has 0 aliphatic heterocycles. The number of phenols is 1. The van der Waals surface area contributed by atoms with Gasteiger partial charge < -0.3 is 10.4 Å². The van der Waals surface area contributed by atoms with Crippen LogP contribution in [0.2, 0.25) is 5.02 Å². The minimum absolute atomic E-state index is 0.0737. The van der Waals surface area contributed by atoms with Crippen LogP contribution in [-0.2, 0) is 11.3 Å². The van der Waals surface area contributed by atoms with Gasteiger partial charge in [0.2, 0.25) is 5.91 Å². The largest absolute Gasteiger partial charge is 0.508 e. The first-order chi connectivity index (χ1) is 6.63. The van der Waals surface area contributed by atoms with E-state index in [1.807, 2.05) is 0 Å². The Morgan fingerprint density at radius 3 is 2.79 bits per heavy atom. The van der Waals surface area contributed by atoms with E-state index in [-0.39, 0.29) is 17.5 Å². The molecule has 5 heteroatoms. The molecule has 3 nitrogen and oxygen atoms in total. The highest BCUT2D eigenvalue weighted by Gasteiger charge is 2.03. The van der Waals surface area contributed by atoms with Gasteiger partial charge in [0.1, 0.15) is 11.6 Å². The van der Waals surface area contributed by atoms with E-state index in [0.29, 0.717) is 11.6 Å². The number of aromatic hydroxyl groups is 1. The second kappa shape index (κ2) is 5.08. The van der Waals surface area contributed by atoms with Gasteiger partial charge >= 0.3 is 0 Å². The number of amides is 1. The summed E-state index contributed by atoms with van der Waals surface area (Å²) in [5.41, 5.74) is 0.739. The summed E-state index contributed by atoms with van der Waals surface area (Å²) in [4.78, 5) is 10.8. The number of hydrogen-bond acceptors (Lipinski definition) is 2. The van der Waals surface area contributed by atoms with Gasteiger partial charge in [0.15, 0.2) is 0 Å². The molecule has 0 radical (unpaired) electrons. The molecule has 0 unspecified atom stereocenters. The van der Waals surface area contributed by atoms with Crippen LogP contribution in [0.15, 0.2) is 18.2 Å². The summed E-state index contributed by atoms with van der Waals surface area (Å²) in [5, 5.41) is 12.1. The summed E-state index contributed by atoms with van der Waals surface area (Å²) >= 11 is 11.1. The number of halogens is 2. The Morgan fingerprint density at radius 2 is 2.21 bits per heavy atom. The van der Waals surface area contributed by atoms with Crippen LogP contribution in [0.3, 0.4) is 0 Å². The Labute approximate surface area is 91.6 Å². The van der Waals surface area contributed by atoms with Gasteiger partial charge in [-0.25, -0.2) is 0 Å². The predicted octanol–water partition coefficient (Wildman–Crippen LogP) is 1.90. The lowest BCUT2D eigenvalue weighted by atomic mass is 10.2. The lowest BCUT2D eigenvalue weighted by Gasteiger charge is -2.05.